The lowest BCUT2D eigenvalue weighted by molar-refractivity contribution is 0.615. The minimum atomic E-state index is -3.03. The van der Waals surface area contributed by atoms with Gasteiger partial charge in [-0.15, -0.1) is 0 Å². The molecule has 3 nitrogen and oxygen atoms in total. The Morgan fingerprint density at radius 3 is 1.21 bits per heavy atom. The number of hydrogen-bond donors (Lipinski definition) is 0. The van der Waals surface area contributed by atoms with Crippen molar-refractivity contribution < 1.29 is 3.48 Å². The molecule has 0 spiro atoms. The van der Waals surface area contributed by atoms with Gasteiger partial charge in [0.1, 0.15) is 0 Å². The maximum atomic E-state index is 8.03. The third kappa shape index (κ3) is 5.12. The normalized spacial score (nSPS) is 11.6. The van der Waals surface area contributed by atoms with E-state index < -0.39 is 22.8 Å². The van der Waals surface area contributed by atoms with Crippen LogP contribution in [0.4, 0.5) is 0 Å². The lowest BCUT2D eigenvalue weighted by Gasteiger charge is -2.37. The first-order valence-electron chi connectivity index (χ1n) is 14.7. The molecule has 0 unspecified atom stereocenters. The summed E-state index contributed by atoms with van der Waals surface area (Å²) in [6.45, 7) is 4.26. The van der Waals surface area contributed by atoms with Crippen LogP contribution in [0.25, 0.3) is 21.8 Å². The van der Waals surface area contributed by atoms with Gasteiger partial charge in [0.25, 0.3) is 8.32 Å². The Morgan fingerprint density at radius 1 is 0.465 bits per heavy atom. The average Bonchev–Trinajstić information content (AvgIpc) is 3.06. The van der Waals surface area contributed by atoms with Crippen molar-refractivity contribution in [2.45, 2.75) is 13.8 Å². The molecule has 0 saturated heterocycles. The summed E-state index contributed by atoms with van der Waals surface area (Å²) in [5.74, 6) is 0. The van der Waals surface area contributed by atoms with Crippen LogP contribution in [0, 0.1) is 13.8 Å². The fourth-order valence-corrected chi connectivity index (χ4v) is 15.1. The summed E-state index contributed by atoms with van der Waals surface area (Å²) < 4.78 is 10.4. The van der Waals surface area contributed by atoms with E-state index in [9.17, 15) is 0 Å². The largest absolute Gasteiger partial charge is 0.537 e. The van der Waals surface area contributed by atoms with Crippen LogP contribution in [0.1, 0.15) is 11.4 Å². The zero-order chi connectivity index (χ0) is 29.2. The van der Waals surface area contributed by atoms with E-state index in [1.54, 1.807) is 0 Å². The van der Waals surface area contributed by atoms with E-state index in [1.807, 2.05) is 0 Å². The fourth-order valence-electron chi connectivity index (χ4n) is 6.18. The average molecular weight is 587 g/mol. The molecule has 0 atom stereocenters. The third-order valence-corrected chi connectivity index (χ3v) is 16.4. The molecule has 5 heteroatoms. The molecule has 5 aromatic carbocycles. The quantitative estimate of drug-likeness (QED) is 0.191. The number of nitrogens with zero attached hydrogens (tertiary/aromatic N) is 2. The molecule has 0 aliphatic carbocycles. The second-order valence-electron chi connectivity index (χ2n) is 11.0. The molecule has 7 rings (SSSR count). The van der Waals surface area contributed by atoms with Crippen molar-refractivity contribution in [2.75, 3.05) is 0 Å². The number of aryl methyl sites for hydroxylation is 2. The first-order valence-corrected chi connectivity index (χ1v) is 18.2. The van der Waals surface area contributed by atoms with Crippen LogP contribution in [0.5, 0.6) is 0 Å². The predicted molar refractivity (Wildman–Crippen MR) is 183 cm³/mol. The van der Waals surface area contributed by atoms with Crippen molar-refractivity contribution >= 4 is 69.0 Å². The van der Waals surface area contributed by atoms with Gasteiger partial charge in [-0.2, -0.15) is 0 Å². The maximum absolute atomic E-state index is 8.03. The van der Waals surface area contributed by atoms with E-state index in [0.717, 1.165) is 33.2 Å². The van der Waals surface area contributed by atoms with Gasteiger partial charge < -0.3 is 3.48 Å². The van der Waals surface area contributed by atoms with E-state index in [1.165, 1.54) is 24.4 Å². The minimum Gasteiger partial charge on any atom is -0.529 e. The number of aromatic nitrogens is 2. The molecule has 2 heterocycles. The molecule has 0 saturated carbocycles. The molecule has 206 valence electrons. The summed E-state index contributed by atoms with van der Waals surface area (Å²) in [6.07, 6.45) is 0. The number of fused-ring (bicyclic) bond motifs is 2. The van der Waals surface area contributed by atoms with Gasteiger partial charge in [0.15, 0.2) is 0 Å². The second kappa shape index (κ2) is 11.7. The van der Waals surface area contributed by atoms with Gasteiger partial charge in [0.05, 0.1) is 11.0 Å². The zero-order valence-electron chi connectivity index (χ0n) is 24.3. The molecule has 0 aliphatic rings. The van der Waals surface area contributed by atoms with Crippen LogP contribution in [0.15, 0.2) is 152 Å². The molecule has 2 aromatic heterocycles. The Labute approximate surface area is 258 Å². The van der Waals surface area contributed by atoms with E-state index in [4.69, 9.17) is 13.4 Å². The van der Waals surface area contributed by atoms with Gasteiger partial charge >= 0.3 is 14.5 Å². The highest BCUT2D eigenvalue weighted by Crippen LogP contribution is 2.18. The van der Waals surface area contributed by atoms with Crippen LogP contribution in [0.2, 0.25) is 0 Å². The maximum Gasteiger partial charge on any atom is 0.537 e. The van der Waals surface area contributed by atoms with Gasteiger partial charge in [0, 0.05) is 11.4 Å². The van der Waals surface area contributed by atoms with Crippen molar-refractivity contribution in [1.82, 2.24) is 9.97 Å². The van der Waals surface area contributed by atoms with Crippen LogP contribution >= 0.6 is 0 Å². The minimum absolute atomic E-state index is 1.00. The third-order valence-electron chi connectivity index (χ3n) is 8.31. The van der Waals surface area contributed by atoms with Crippen molar-refractivity contribution in [3.8, 4) is 0 Å². The summed E-state index contributed by atoms with van der Waals surface area (Å²) in [6, 6.07) is 53.9. The Bertz CT molecular complexity index is 1850. The molecule has 0 amide bonds. The molecule has 43 heavy (non-hydrogen) atoms. The van der Waals surface area contributed by atoms with Gasteiger partial charge in [-0.3, -0.25) is 9.97 Å². The second-order valence-corrected chi connectivity index (χ2v) is 17.0. The molecular weight excluding hydrogens is 555 g/mol. The molecule has 0 N–H and O–H groups in total. The van der Waals surface area contributed by atoms with Gasteiger partial charge in [-0.25, -0.2) is 0 Å². The van der Waals surface area contributed by atoms with Gasteiger partial charge in [-0.05, 0) is 52.3 Å². The highest BCUT2D eigenvalue weighted by molar-refractivity contribution is 7.11. The first kappa shape index (κ1) is 27.5. The van der Waals surface area contributed by atoms with Crippen molar-refractivity contribution in [2.24, 2.45) is 0 Å². The van der Waals surface area contributed by atoms with Gasteiger partial charge in [0.2, 0.25) is 0 Å². The monoisotopic (exact) mass is 586 g/mol. The van der Waals surface area contributed by atoms with Crippen LogP contribution in [-0.2, 0) is 3.48 Å². The van der Waals surface area contributed by atoms with E-state index in [2.05, 4.69) is 166 Å². The SMILES string of the molecule is Cc1nc2ccccc2c[c]1[Al]([O][Si](c1ccccc1)(c1ccccc1)c1ccccc1)[c]1cc2ccccc2nc1C. The molecule has 0 radical (unpaired) electrons. The molecule has 0 fully saturated rings. The summed E-state index contributed by atoms with van der Waals surface area (Å²) >= 11 is -2.44. The lowest BCUT2D eigenvalue weighted by Crippen LogP contribution is -2.73. The first-order chi connectivity index (χ1) is 21.1. The summed E-state index contributed by atoms with van der Waals surface area (Å²) in [5.41, 5.74) is 4.03. The predicted octanol–water partition coefficient (Wildman–Crippen LogP) is 5.19. The van der Waals surface area contributed by atoms with Crippen molar-refractivity contribution in [3.05, 3.63) is 163 Å². The molecule has 0 bridgehead atoms. The fraction of sp³-hybridized carbons (Fsp3) is 0.0526. The van der Waals surface area contributed by atoms with Crippen molar-refractivity contribution in [3.63, 3.8) is 0 Å². The molecular formula is C38H31AlN2OSi. The Morgan fingerprint density at radius 2 is 0.814 bits per heavy atom. The zero-order valence-corrected chi connectivity index (χ0v) is 26.5. The Hall–Kier alpha value is -4.37. The lowest BCUT2D eigenvalue weighted by atomic mass is 10.2. The van der Waals surface area contributed by atoms with E-state index in [0.29, 0.717) is 0 Å². The summed E-state index contributed by atoms with van der Waals surface area (Å²) in [5, 5.41) is 5.93. The topological polar surface area (TPSA) is 35.0 Å². The summed E-state index contributed by atoms with van der Waals surface area (Å²) in [4.78, 5) is 10.2. The number of para-hydroxylation sites is 2. The van der Waals surface area contributed by atoms with Crippen molar-refractivity contribution in [1.29, 1.82) is 0 Å². The van der Waals surface area contributed by atoms with E-state index >= 15 is 0 Å². The smallest absolute Gasteiger partial charge is 0.529 e. The highest BCUT2D eigenvalue weighted by Gasteiger charge is 2.47. The number of benzene rings is 5. The Kier molecular flexibility index (Phi) is 7.49. The summed E-state index contributed by atoms with van der Waals surface area (Å²) in [7, 11) is -3.03. The molecule has 7 aromatic rings. The number of pyridine rings is 2. The van der Waals surface area contributed by atoms with E-state index in [-0.39, 0.29) is 0 Å². The molecule has 0 aliphatic heterocycles. The highest BCUT2D eigenvalue weighted by atomic mass is 28.4. The standard InChI is InChI=1S/C18H15OSi.2C10H8N.Al/c19-20(16-10-4-1-5-11-16,17-12-6-2-7-13-17)18-14-8-3-9-15-18;2*1-8-6-7-9-4-2-3-5-10(9)11-8;/h1-15H;2*2-5,7H,1H3;/q-1;;;+1. The van der Waals surface area contributed by atoms with Crippen LogP contribution in [0.3, 0.4) is 0 Å². The van der Waals surface area contributed by atoms with Crippen LogP contribution in [-0.4, -0.2) is 32.8 Å². The number of rotatable bonds is 7. The number of hydrogen-bond acceptors (Lipinski definition) is 3. The van der Waals surface area contributed by atoms with Crippen LogP contribution < -0.4 is 24.4 Å². The van der Waals surface area contributed by atoms with Gasteiger partial charge in [-0.1, -0.05) is 148 Å². The Balaban J connectivity index is 1.55.